The molecule has 0 spiro atoms. The minimum atomic E-state index is -0.583. The molecule has 7 heteroatoms. The van der Waals surface area contributed by atoms with Crippen molar-refractivity contribution >= 4 is 5.78 Å². The van der Waals surface area contributed by atoms with Crippen LogP contribution in [0.1, 0.15) is 17.5 Å². The van der Waals surface area contributed by atoms with Crippen molar-refractivity contribution < 1.29 is 13.9 Å². The van der Waals surface area contributed by atoms with Gasteiger partial charge in [0.2, 0.25) is 12.1 Å². The molecule has 0 fully saturated rings. The lowest BCUT2D eigenvalue weighted by Gasteiger charge is -2.13. The van der Waals surface area contributed by atoms with Crippen LogP contribution in [0.3, 0.4) is 0 Å². The highest BCUT2D eigenvalue weighted by Crippen LogP contribution is 2.31. The van der Waals surface area contributed by atoms with Gasteiger partial charge in [0.15, 0.2) is 0 Å². The Kier molecular flexibility index (Phi) is 5.04. The van der Waals surface area contributed by atoms with Crippen LogP contribution in [-0.4, -0.2) is 28.6 Å². The highest BCUT2D eigenvalue weighted by Gasteiger charge is 2.16. The molecule has 0 aliphatic heterocycles. The van der Waals surface area contributed by atoms with Gasteiger partial charge in [0.25, 0.3) is 0 Å². The molecule has 29 heavy (non-hydrogen) atoms. The quantitative estimate of drug-likeness (QED) is 0.475. The number of benzene rings is 2. The standard InChI is InChI=1S/C22H17FN4O2/c1-28-21(29-2)19-9-10-27-20(13-25-22(27)26-19)14-7-8-18(23)17(11-14)16-6-4-3-5-15(16)12-24/h3-11,13,21H,1-2H3. The maximum atomic E-state index is 14.6. The van der Waals surface area contributed by atoms with Crippen molar-refractivity contribution in [1.29, 1.82) is 5.26 Å². The summed E-state index contributed by atoms with van der Waals surface area (Å²) in [4.78, 5) is 8.83. The highest BCUT2D eigenvalue weighted by molar-refractivity contribution is 5.76. The predicted molar refractivity (Wildman–Crippen MR) is 105 cm³/mol. The van der Waals surface area contributed by atoms with Crippen LogP contribution in [0, 0.1) is 17.1 Å². The first-order chi connectivity index (χ1) is 14.2. The van der Waals surface area contributed by atoms with Gasteiger partial charge in [0.05, 0.1) is 23.5 Å². The molecule has 0 amide bonds. The minimum Gasteiger partial charge on any atom is -0.350 e. The second-order valence-corrected chi connectivity index (χ2v) is 6.32. The van der Waals surface area contributed by atoms with E-state index in [1.807, 2.05) is 6.20 Å². The van der Waals surface area contributed by atoms with E-state index in [1.54, 1.807) is 53.1 Å². The van der Waals surface area contributed by atoms with Crippen molar-refractivity contribution in [3.8, 4) is 28.5 Å². The third kappa shape index (κ3) is 3.36. The summed E-state index contributed by atoms with van der Waals surface area (Å²) in [6.45, 7) is 0. The Bertz CT molecular complexity index is 1230. The molecular formula is C22H17FN4O2. The summed E-state index contributed by atoms with van der Waals surface area (Å²) < 4.78 is 26.9. The topological polar surface area (TPSA) is 72.4 Å². The number of hydrogen-bond acceptors (Lipinski definition) is 5. The van der Waals surface area contributed by atoms with E-state index in [4.69, 9.17) is 9.47 Å². The Morgan fingerprint density at radius 2 is 1.86 bits per heavy atom. The third-order valence-corrected chi connectivity index (χ3v) is 4.67. The summed E-state index contributed by atoms with van der Waals surface area (Å²) in [5.41, 5.74) is 3.43. The van der Waals surface area contributed by atoms with Crippen LogP contribution in [0.5, 0.6) is 0 Å². The number of nitrogens with zero attached hydrogens (tertiary/aromatic N) is 4. The first-order valence-corrected chi connectivity index (χ1v) is 8.85. The molecule has 0 radical (unpaired) electrons. The molecule has 2 aromatic carbocycles. The molecule has 4 aromatic rings. The molecule has 2 heterocycles. The average Bonchev–Trinajstić information content (AvgIpc) is 3.18. The first kappa shape index (κ1) is 18.7. The number of methoxy groups -OCH3 is 2. The third-order valence-electron chi connectivity index (χ3n) is 4.67. The molecule has 0 bridgehead atoms. The van der Waals surface area contributed by atoms with Crippen molar-refractivity contribution in [2.24, 2.45) is 0 Å². The van der Waals surface area contributed by atoms with Gasteiger partial charge in [-0.05, 0) is 30.3 Å². The molecule has 0 saturated heterocycles. The van der Waals surface area contributed by atoms with Crippen LogP contribution < -0.4 is 0 Å². The minimum absolute atomic E-state index is 0.359. The van der Waals surface area contributed by atoms with Crippen LogP contribution >= 0.6 is 0 Å². The van der Waals surface area contributed by atoms with Crippen molar-refractivity contribution in [3.05, 3.63) is 78.0 Å². The number of fused-ring (bicyclic) bond motifs is 1. The molecule has 6 nitrogen and oxygen atoms in total. The maximum absolute atomic E-state index is 14.6. The summed E-state index contributed by atoms with van der Waals surface area (Å²) in [5.74, 6) is 0.0774. The summed E-state index contributed by atoms with van der Waals surface area (Å²) in [6, 6.07) is 15.6. The smallest absolute Gasteiger partial charge is 0.234 e. The fourth-order valence-corrected chi connectivity index (χ4v) is 3.27. The van der Waals surface area contributed by atoms with Gasteiger partial charge in [0, 0.05) is 37.1 Å². The van der Waals surface area contributed by atoms with E-state index >= 15 is 0 Å². The zero-order valence-electron chi connectivity index (χ0n) is 15.8. The van der Waals surface area contributed by atoms with Gasteiger partial charge >= 0.3 is 0 Å². The summed E-state index contributed by atoms with van der Waals surface area (Å²) in [6.07, 6.45) is 2.91. The lowest BCUT2D eigenvalue weighted by Crippen LogP contribution is -2.07. The number of ether oxygens (including phenoxy) is 2. The Hall–Kier alpha value is -3.60. The van der Waals surface area contributed by atoms with E-state index in [1.165, 1.54) is 20.3 Å². The van der Waals surface area contributed by atoms with Gasteiger partial charge in [-0.3, -0.25) is 4.40 Å². The Balaban J connectivity index is 1.82. The fraction of sp³-hybridized carbons (Fsp3) is 0.136. The number of nitriles is 1. The molecule has 2 aromatic heterocycles. The van der Waals surface area contributed by atoms with Crippen molar-refractivity contribution in [3.63, 3.8) is 0 Å². The Morgan fingerprint density at radius 1 is 1.07 bits per heavy atom. The van der Waals surface area contributed by atoms with Gasteiger partial charge in [-0.2, -0.15) is 5.26 Å². The maximum Gasteiger partial charge on any atom is 0.234 e. The molecule has 0 saturated carbocycles. The number of halogens is 1. The molecule has 0 unspecified atom stereocenters. The summed E-state index contributed by atoms with van der Waals surface area (Å²) >= 11 is 0. The molecule has 144 valence electrons. The number of imidazole rings is 1. The highest BCUT2D eigenvalue weighted by atomic mass is 19.1. The summed E-state index contributed by atoms with van der Waals surface area (Å²) in [7, 11) is 3.08. The SMILES string of the molecule is COC(OC)c1ccn2c(-c3ccc(F)c(-c4ccccc4C#N)c3)cnc2n1. The number of hydrogen-bond donors (Lipinski definition) is 0. The van der Waals surface area contributed by atoms with E-state index in [-0.39, 0.29) is 0 Å². The predicted octanol–water partition coefficient (Wildman–Crippen LogP) is 4.37. The molecule has 0 N–H and O–H groups in total. The monoisotopic (exact) mass is 388 g/mol. The lowest BCUT2D eigenvalue weighted by molar-refractivity contribution is -0.108. The molecular weight excluding hydrogens is 371 g/mol. The van der Waals surface area contributed by atoms with Gasteiger partial charge in [-0.25, -0.2) is 14.4 Å². The Morgan fingerprint density at radius 3 is 2.62 bits per heavy atom. The number of aromatic nitrogens is 3. The van der Waals surface area contributed by atoms with Crippen LogP contribution in [0.2, 0.25) is 0 Å². The number of rotatable bonds is 5. The average molecular weight is 388 g/mol. The van der Waals surface area contributed by atoms with E-state index in [0.717, 1.165) is 11.3 Å². The van der Waals surface area contributed by atoms with Gasteiger partial charge in [-0.1, -0.05) is 18.2 Å². The second-order valence-electron chi connectivity index (χ2n) is 6.32. The van der Waals surface area contributed by atoms with E-state index in [9.17, 15) is 9.65 Å². The van der Waals surface area contributed by atoms with E-state index < -0.39 is 12.1 Å². The van der Waals surface area contributed by atoms with Crippen LogP contribution in [-0.2, 0) is 9.47 Å². The zero-order chi connectivity index (χ0) is 20.4. The second kappa shape index (κ2) is 7.80. The molecule has 0 atom stereocenters. The normalized spacial score (nSPS) is 11.1. The van der Waals surface area contributed by atoms with E-state index in [0.29, 0.717) is 28.2 Å². The van der Waals surface area contributed by atoms with Crippen molar-refractivity contribution in [2.45, 2.75) is 6.29 Å². The van der Waals surface area contributed by atoms with Crippen LogP contribution in [0.4, 0.5) is 4.39 Å². The summed E-state index contributed by atoms with van der Waals surface area (Å²) in [5, 5.41) is 9.36. The zero-order valence-corrected chi connectivity index (χ0v) is 15.8. The Labute approximate surface area is 166 Å². The van der Waals surface area contributed by atoms with Gasteiger partial charge in [0.1, 0.15) is 11.5 Å². The molecule has 4 rings (SSSR count). The van der Waals surface area contributed by atoms with E-state index in [2.05, 4.69) is 16.0 Å². The van der Waals surface area contributed by atoms with Gasteiger partial charge < -0.3 is 9.47 Å². The lowest BCUT2D eigenvalue weighted by atomic mass is 9.97. The van der Waals surface area contributed by atoms with Crippen LogP contribution in [0.15, 0.2) is 60.9 Å². The van der Waals surface area contributed by atoms with Crippen molar-refractivity contribution in [2.75, 3.05) is 14.2 Å². The fourth-order valence-electron chi connectivity index (χ4n) is 3.27. The largest absolute Gasteiger partial charge is 0.350 e. The molecule has 0 aliphatic rings. The first-order valence-electron chi connectivity index (χ1n) is 8.85. The van der Waals surface area contributed by atoms with Gasteiger partial charge in [-0.15, -0.1) is 0 Å². The van der Waals surface area contributed by atoms with Crippen LogP contribution in [0.25, 0.3) is 28.2 Å². The molecule has 0 aliphatic carbocycles. The van der Waals surface area contributed by atoms with Crippen molar-refractivity contribution in [1.82, 2.24) is 14.4 Å².